The Balaban J connectivity index is 1.63. The number of aliphatic imine (C=N–C) groups is 1. The smallest absolute Gasteiger partial charge is 0.319 e. The van der Waals surface area contributed by atoms with Crippen LogP contribution in [0.4, 0.5) is 11.5 Å². The van der Waals surface area contributed by atoms with Gasteiger partial charge in [-0.2, -0.15) is 9.97 Å². The van der Waals surface area contributed by atoms with Gasteiger partial charge in [0.2, 0.25) is 5.91 Å². The van der Waals surface area contributed by atoms with Crippen LogP contribution in [-0.4, -0.2) is 77.8 Å². The number of phenolic OH excluding ortho intramolecular Hbond substituents is 1. The normalized spacial score (nSPS) is 14.1. The van der Waals surface area contributed by atoms with Gasteiger partial charge in [0.05, 0.1) is 5.69 Å². The Bertz CT molecular complexity index is 1410. The van der Waals surface area contributed by atoms with Crippen molar-refractivity contribution in [2.75, 3.05) is 50.1 Å². The van der Waals surface area contributed by atoms with Crippen LogP contribution in [0, 0.1) is 0 Å². The Morgan fingerprint density at radius 3 is 2.66 bits per heavy atom. The maximum atomic E-state index is 13.4. The molecule has 0 aliphatic carbocycles. The lowest BCUT2D eigenvalue weighted by Crippen LogP contribution is -2.48. The molecular weight excluding hydrogens is 486 g/mol. The molecule has 3 aromatic rings. The third-order valence-electron chi connectivity index (χ3n) is 5.99. The number of carbonyl (C=O) groups is 2. The molecule has 0 unspecified atom stereocenters. The fourth-order valence-electron chi connectivity index (χ4n) is 4.07. The topological polar surface area (TPSA) is 146 Å². The average Bonchev–Trinajstić information content (AvgIpc) is 2.94. The van der Waals surface area contributed by atoms with Crippen LogP contribution in [0.15, 0.2) is 71.9 Å². The van der Waals surface area contributed by atoms with Crippen molar-refractivity contribution in [3.8, 4) is 11.8 Å². The number of nitrogens with two attached hydrogens (primary N) is 1. The zero-order valence-electron chi connectivity index (χ0n) is 21.0. The van der Waals surface area contributed by atoms with Crippen molar-refractivity contribution < 1.29 is 19.4 Å². The van der Waals surface area contributed by atoms with Gasteiger partial charge in [-0.05, 0) is 17.5 Å². The molecule has 0 atom stereocenters. The largest absolute Gasteiger partial charge is 0.508 e. The number of benzene rings is 2. The molecule has 38 heavy (non-hydrogen) atoms. The third kappa shape index (κ3) is 6.06. The zero-order valence-corrected chi connectivity index (χ0v) is 21.0. The molecule has 1 aliphatic heterocycles. The van der Waals surface area contributed by atoms with E-state index in [9.17, 15) is 14.7 Å². The first-order valence-corrected chi connectivity index (χ1v) is 12.0. The van der Waals surface area contributed by atoms with Gasteiger partial charge in [-0.15, -0.1) is 0 Å². The summed E-state index contributed by atoms with van der Waals surface area (Å²) in [5, 5.41) is 14.5. The summed E-state index contributed by atoms with van der Waals surface area (Å²) < 4.78 is 5.76. The molecule has 11 heteroatoms. The summed E-state index contributed by atoms with van der Waals surface area (Å²) in [6, 6.07) is 12.1. The Kier molecular flexibility index (Phi) is 8.17. The number of aromatic hydroxyl groups is 1. The maximum Gasteiger partial charge on any atom is 0.319 e. The number of hydrogen-bond donors (Lipinski definition) is 3. The van der Waals surface area contributed by atoms with E-state index in [1.54, 1.807) is 30.3 Å². The van der Waals surface area contributed by atoms with Crippen LogP contribution in [0.2, 0.25) is 0 Å². The average molecular weight is 516 g/mol. The maximum absolute atomic E-state index is 13.4. The van der Waals surface area contributed by atoms with Gasteiger partial charge in [-0.1, -0.05) is 30.8 Å². The second kappa shape index (κ2) is 11.9. The number of amides is 2. The van der Waals surface area contributed by atoms with E-state index in [0.29, 0.717) is 43.3 Å². The molecule has 2 amide bonds. The second-order valence-electron chi connectivity index (χ2n) is 8.50. The number of phenols is 1. The van der Waals surface area contributed by atoms with Crippen molar-refractivity contribution in [1.82, 2.24) is 14.9 Å². The van der Waals surface area contributed by atoms with Gasteiger partial charge in [0, 0.05) is 68.7 Å². The van der Waals surface area contributed by atoms with Crippen LogP contribution >= 0.6 is 0 Å². The highest BCUT2D eigenvalue weighted by Gasteiger charge is 2.23. The van der Waals surface area contributed by atoms with Crippen molar-refractivity contribution in [2.24, 2.45) is 10.7 Å². The fourth-order valence-corrected chi connectivity index (χ4v) is 4.07. The lowest BCUT2D eigenvalue weighted by atomic mass is 10.1. The summed E-state index contributed by atoms with van der Waals surface area (Å²) in [6.45, 7) is 5.57. The summed E-state index contributed by atoms with van der Waals surface area (Å²) in [5.74, 6) is -0.126. The summed E-state index contributed by atoms with van der Waals surface area (Å²) >= 11 is 0. The van der Waals surface area contributed by atoms with Gasteiger partial charge in [0.25, 0.3) is 5.91 Å². The molecule has 196 valence electrons. The van der Waals surface area contributed by atoms with Crippen LogP contribution in [0.3, 0.4) is 0 Å². The molecule has 4 rings (SSSR count). The Labute approximate surface area is 220 Å². The van der Waals surface area contributed by atoms with Crippen molar-refractivity contribution in [2.45, 2.75) is 0 Å². The highest BCUT2D eigenvalue weighted by molar-refractivity contribution is 6.09. The Morgan fingerprint density at radius 1 is 1.18 bits per heavy atom. The number of ether oxygens (including phenoxy) is 1. The van der Waals surface area contributed by atoms with Gasteiger partial charge in [-0.3, -0.25) is 14.6 Å². The summed E-state index contributed by atoms with van der Waals surface area (Å²) in [5.41, 5.74) is 6.76. The molecule has 1 saturated heterocycles. The highest BCUT2D eigenvalue weighted by atomic mass is 16.5. The van der Waals surface area contributed by atoms with Gasteiger partial charge in [-0.25, -0.2) is 0 Å². The highest BCUT2D eigenvalue weighted by Crippen LogP contribution is 2.29. The number of rotatable bonds is 8. The lowest BCUT2D eigenvalue weighted by molar-refractivity contribution is -0.126. The minimum absolute atomic E-state index is 0.0122. The minimum atomic E-state index is -0.501. The van der Waals surface area contributed by atoms with Crippen molar-refractivity contribution in [3.05, 3.63) is 72.6 Å². The van der Waals surface area contributed by atoms with E-state index in [1.165, 1.54) is 18.3 Å². The Morgan fingerprint density at radius 2 is 1.95 bits per heavy atom. The number of carbonyl (C=O) groups excluding carboxylic acids is 2. The first-order valence-electron chi connectivity index (χ1n) is 12.0. The fraction of sp³-hybridized carbons (Fsp3) is 0.222. The van der Waals surface area contributed by atoms with Crippen molar-refractivity contribution in [3.63, 3.8) is 0 Å². The molecule has 2 heterocycles. The van der Waals surface area contributed by atoms with Crippen LogP contribution < -0.4 is 20.7 Å². The predicted octanol–water partition coefficient (Wildman–Crippen LogP) is 2.34. The number of hydrogen-bond acceptors (Lipinski definition) is 9. The van der Waals surface area contributed by atoms with Crippen molar-refractivity contribution >= 4 is 40.3 Å². The third-order valence-corrected chi connectivity index (χ3v) is 5.99. The first-order chi connectivity index (χ1) is 18.4. The summed E-state index contributed by atoms with van der Waals surface area (Å²) in [7, 11) is 1.62. The number of anilines is 2. The van der Waals surface area contributed by atoms with E-state index >= 15 is 0 Å². The van der Waals surface area contributed by atoms with Crippen LogP contribution in [-0.2, 0) is 4.79 Å². The number of aromatic nitrogens is 2. The molecule has 1 aliphatic rings. The van der Waals surface area contributed by atoms with Crippen LogP contribution in [0.25, 0.3) is 10.8 Å². The first kappa shape index (κ1) is 26.1. The molecule has 0 bridgehead atoms. The Hall–Kier alpha value is -4.93. The summed E-state index contributed by atoms with van der Waals surface area (Å²) in [6.07, 6.45) is 4.22. The van der Waals surface area contributed by atoms with E-state index in [1.807, 2.05) is 29.2 Å². The van der Waals surface area contributed by atoms with Gasteiger partial charge < -0.3 is 30.7 Å². The number of fused-ring (bicyclic) bond motifs is 1. The van der Waals surface area contributed by atoms with Gasteiger partial charge in [0.1, 0.15) is 23.9 Å². The minimum Gasteiger partial charge on any atom is -0.508 e. The van der Waals surface area contributed by atoms with Crippen molar-refractivity contribution in [1.29, 1.82) is 0 Å². The summed E-state index contributed by atoms with van der Waals surface area (Å²) in [4.78, 5) is 41.8. The number of piperazine rings is 1. The second-order valence-corrected chi connectivity index (χ2v) is 8.50. The molecule has 1 fully saturated rings. The SMILES string of the molecule is C=CC(=O)N1CCN(c2cc(C(=O)Nc3cc(O)cc4ccccc34)nc(OC/C(C=NC)=C/N)n2)CC1. The molecule has 0 spiro atoms. The van der Waals surface area contributed by atoms with Gasteiger partial charge in [0.15, 0.2) is 0 Å². The predicted molar refractivity (Wildman–Crippen MR) is 147 cm³/mol. The zero-order chi connectivity index (χ0) is 27.1. The van der Waals surface area contributed by atoms with Gasteiger partial charge >= 0.3 is 6.01 Å². The standard InChI is InChI=1S/C27H29N7O4/c1-3-25(36)34-10-8-33(9-11-34)24-14-23(31-27(32-24)38-17-18(15-28)16-29-2)26(37)30-22-13-20(35)12-19-6-4-5-7-21(19)22/h3-7,12-16,35H,1,8-11,17,28H2,2H3,(H,30,37)/b18-15+,29-16?. The van der Waals surface area contributed by atoms with E-state index in [2.05, 4.69) is 26.9 Å². The molecule has 1 aromatic heterocycles. The van der Waals surface area contributed by atoms with E-state index in [-0.39, 0.29) is 30.0 Å². The van der Waals surface area contributed by atoms with E-state index in [0.717, 1.165) is 10.8 Å². The van der Waals surface area contributed by atoms with Crippen LogP contribution in [0.5, 0.6) is 11.8 Å². The molecular formula is C27H29N7O4. The number of nitrogens with zero attached hydrogens (tertiary/aromatic N) is 5. The molecule has 11 nitrogen and oxygen atoms in total. The molecule has 0 radical (unpaired) electrons. The molecule has 2 aromatic carbocycles. The molecule has 4 N–H and O–H groups in total. The van der Waals surface area contributed by atoms with E-state index < -0.39 is 5.91 Å². The lowest BCUT2D eigenvalue weighted by Gasteiger charge is -2.35. The molecule has 0 saturated carbocycles. The number of nitrogens with one attached hydrogen (secondary N) is 1. The van der Waals surface area contributed by atoms with Crippen LogP contribution in [0.1, 0.15) is 10.5 Å². The quantitative estimate of drug-likeness (QED) is 0.306. The van der Waals surface area contributed by atoms with E-state index in [4.69, 9.17) is 10.5 Å². The monoisotopic (exact) mass is 515 g/mol.